The quantitative estimate of drug-likeness (QED) is 0.0212. The van der Waals surface area contributed by atoms with E-state index in [0.29, 0.717) is 23.9 Å². The van der Waals surface area contributed by atoms with Gasteiger partial charge in [0, 0.05) is 6.42 Å². The molecule has 0 fully saturated rings. The number of esters is 2. The SMILES string of the molecule is CC/C=C\C/C=C\C/C=C\C/C=C\C/C=C\C/C=C\C/C=C\CCCCCC(=O)OC(COC(=O)C/C=C\C/C=C\C/C=C\C/C=C\C/C=C\CC)COC(OCC[N+](C)(C)C)C(=O)O. The highest BCUT2D eigenvalue weighted by Gasteiger charge is 2.25. The lowest BCUT2D eigenvalue weighted by molar-refractivity contribution is -0.870. The maximum Gasteiger partial charge on any atom is 0.361 e. The smallest absolute Gasteiger partial charge is 0.361 e. The lowest BCUT2D eigenvalue weighted by Gasteiger charge is -2.25. The van der Waals surface area contributed by atoms with Crippen LogP contribution in [0.25, 0.3) is 0 Å². The number of unbranched alkanes of at least 4 members (excludes halogenated alkanes) is 3. The molecular formula is C56H86NO8+. The Bertz CT molecular complexity index is 1560. The van der Waals surface area contributed by atoms with E-state index in [1.165, 1.54) is 0 Å². The molecule has 0 aliphatic heterocycles. The number of carbonyl (C=O) groups is 3. The minimum atomic E-state index is -1.55. The number of rotatable bonds is 41. The van der Waals surface area contributed by atoms with Crippen molar-refractivity contribution in [1.82, 2.24) is 0 Å². The van der Waals surface area contributed by atoms with E-state index in [0.717, 1.165) is 89.9 Å². The van der Waals surface area contributed by atoms with Crippen LogP contribution in [0.2, 0.25) is 0 Å². The Morgan fingerprint density at radius 2 is 0.877 bits per heavy atom. The third-order valence-electron chi connectivity index (χ3n) is 9.12. The van der Waals surface area contributed by atoms with Gasteiger partial charge in [-0.2, -0.15) is 0 Å². The number of hydrogen-bond acceptors (Lipinski definition) is 7. The minimum absolute atomic E-state index is 0.0524. The van der Waals surface area contributed by atoms with Crippen molar-refractivity contribution in [2.75, 3.05) is 47.5 Å². The summed E-state index contributed by atoms with van der Waals surface area (Å²) >= 11 is 0. The van der Waals surface area contributed by atoms with E-state index >= 15 is 0 Å². The largest absolute Gasteiger partial charge is 0.477 e. The van der Waals surface area contributed by atoms with E-state index in [-0.39, 0.29) is 32.7 Å². The van der Waals surface area contributed by atoms with Crippen LogP contribution in [0, 0.1) is 0 Å². The van der Waals surface area contributed by atoms with Crippen LogP contribution in [0.1, 0.15) is 129 Å². The van der Waals surface area contributed by atoms with Crippen molar-refractivity contribution in [3.63, 3.8) is 0 Å². The second-order valence-electron chi connectivity index (χ2n) is 16.3. The summed E-state index contributed by atoms with van der Waals surface area (Å²) in [5, 5.41) is 9.65. The molecule has 9 nitrogen and oxygen atoms in total. The predicted molar refractivity (Wildman–Crippen MR) is 271 cm³/mol. The van der Waals surface area contributed by atoms with Crippen molar-refractivity contribution in [2.24, 2.45) is 0 Å². The van der Waals surface area contributed by atoms with Crippen LogP contribution < -0.4 is 0 Å². The zero-order valence-electron chi connectivity index (χ0n) is 40.8. The Morgan fingerprint density at radius 3 is 1.28 bits per heavy atom. The summed E-state index contributed by atoms with van der Waals surface area (Å²) in [6, 6.07) is 0. The van der Waals surface area contributed by atoms with E-state index < -0.39 is 30.3 Å². The maximum atomic E-state index is 12.8. The van der Waals surface area contributed by atoms with E-state index in [4.69, 9.17) is 18.9 Å². The highest BCUT2D eigenvalue weighted by molar-refractivity contribution is 5.72. The predicted octanol–water partition coefficient (Wildman–Crippen LogP) is 13.3. The van der Waals surface area contributed by atoms with Gasteiger partial charge in [0.05, 0.1) is 40.8 Å². The van der Waals surface area contributed by atoms with E-state index in [2.05, 4.69) is 141 Å². The molecule has 1 N–H and O–H groups in total. The van der Waals surface area contributed by atoms with Crippen LogP contribution >= 0.6 is 0 Å². The maximum absolute atomic E-state index is 12.8. The number of nitrogens with zero attached hydrogens (tertiary/aromatic N) is 1. The molecule has 9 heteroatoms. The van der Waals surface area contributed by atoms with E-state index in [9.17, 15) is 19.5 Å². The van der Waals surface area contributed by atoms with Crippen LogP contribution in [0.3, 0.4) is 0 Å². The van der Waals surface area contributed by atoms with Gasteiger partial charge in [-0.3, -0.25) is 9.59 Å². The molecule has 0 saturated carbocycles. The molecule has 0 bridgehead atoms. The number of allylic oxidation sites excluding steroid dienone is 23. The second kappa shape index (κ2) is 45.7. The molecule has 0 rings (SSSR count). The Hall–Kier alpha value is -4.83. The monoisotopic (exact) mass is 901 g/mol. The molecule has 0 heterocycles. The lowest BCUT2D eigenvalue weighted by atomic mass is 10.1. The summed E-state index contributed by atoms with van der Waals surface area (Å²) in [5.74, 6) is -2.24. The molecule has 0 spiro atoms. The van der Waals surface area contributed by atoms with Crippen LogP contribution in [-0.4, -0.2) is 87.4 Å². The lowest BCUT2D eigenvalue weighted by Crippen LogP contribution is -2.40. The summed E-state index contributed by atoms with van der Waals surface area (Å²) < 4.78 is 22.6. The molecule has 362 valence electrons. The zero-order chi connectivity index (χ0) is 47.7. The molecule has 2 unspecified atom stereocenters. The van der Waals surface area contributed by atoms with Gasteiger partial charge in [-0.15, -0.1) is 0 Å². The number of likely N-dealkylation sites (N-methyl/N-ethyl adjacent to an activating group) is 1. The third kappa shape index (κ3) is 47.0. The molecule has 0 aliphatic carbocycles. The van der Waals surface area contributed by atoms with Crippen molar-refractivity contribution in [1.29, 1.82) is 0 Å². The van der Waals surface area contributed by atoms with E-state index in [1.807, 2.05) is 33.3 Å². The van der Waals surface area contributed by atoms with Crippen LogP contribution in [0.15, 0.2) is 146 Å². The number of carboxylic acids is 1. The molecule has 0 saturated heterocycles. The molecule has 65 heavy (non-hydrogen) atoms. The average molecular weight is 901 g/mol. The van der Waals surface area contributed by atoms with Gasteiger partial charge in [0.25, 0.3) is 6.29 Å². The number of carboxylic acid groups (broad SMARTS) is 1. The highest BCUT2D eigenvalue weighted by atomic mass is 16.7. The van der Waals surface area contributed by atoms with Crippen molar-refractivity contribution in [3.8, 4) is 0 Å². The van der Waals surface area contributed by atoms with Gasteiger partial charge in [0.2, 0.25) is 0 Å². The standard InChI is InChI=1S/C56H85NO8/c1-6-8-10-12-14-16-18-20-22-23-24-25-26-27-28-29-30-31-33-35-37-39-41-43-45-47-54(59)65-52(51-64-56(55(60)61)62-49-48-57(3,4)5)50-63-53(58)46-44-42-40-38-36-34-32-21-19-17-15-13-11-9-7-2/h8-11,14-17,20-22,24-25,27-28,30-32,35-38,42,44,52,56H,6-7,12-13,18-19,23,26,29,33-34,39-41,43,45-51H2,1-5H3/p+1/b10-8-,11-9-,16-14-,17-15-,22-20-,25-24-,28-27-,31-30-,32-21-,37-35-,38-36-,44-42-. The zero-order valence-corrected chi connectivity index (χ0v) is 40.8. The van der Waals surface area contributed by atoms with Crippen molar-refractivity contribution in [3.05, 3.63) is 146 Å². The summed E-state index contributed by atoms with van der Waals surface area (Å²) in [7, 11) is 5.90. The molecular weight excluding hydrogens is 815 g/mol. The molecule has 0 aliphatic rings. The normalized spacial score (nSPS) is 14.2. The Balaban J connectivity index is 4.59. The fourth-order valence-corrected chi connectivity index (χ4v) is 5.47. The molecule has 0 aromatic rings. The van der Waals surface area contributed by atoms with E-state index in [1.54, 1.807) is 6.08 Å². The Kier molecular flexibility index (Phi) is 42.3. The van der Waals surface area contributed by atoms with Crippen molar-refractivity contribution in [2.45, 2.75) is 142 Å². The number of hydrogen-bond donors (Lipinski definition) is 1. The molecule has 0 aromatic heterocycles. The highest BCUT2D eigenvalue weighted by Crippen LogP contribution is 2.10. The van der Waals surface area contributed by atoms with Gasteiger partial charge in [-0.1, -0.05) is 166 Å². The molecule has 0 aromatic carbocycles. The Morgan fingerprint density at radius 1 is 0.477 bits per heavy atom. The fourth-order valence-electron chi connectivity index (χ4n) is 5.47. The fraction of sp³-hybridized carbons (Fsp3) is 0.518. The number of ether oxygens (including phenoxy) is 4. The molecule has 2 atom stereocenters. The summed E-state index contributed by atoms with van der Waals surface area (Å²) in [6.45, 7) is 4.44. The third-order valence-corrected chi connectivity index (χ3v) is 9.12. The number of aliphatic carboxylic acids is 1. The minimum Gasteiger partial charge on any atom is -0.477 e. The number of carbonyl (C=O) groups excluding carboxylic acids is 2. The van der Waals surface area contributed by atoms with Crippen molar-refractivity contribution < 1.29 is 42.9 Å². The van der Waals surface area contributed by atoms with Gasteiger partial charge >= 0.3 is 17.9 Å². The second-order valence-corrected chi connectivity index (χ2v) is 16.3. The van der Waals surface area contributed by atoms with Crippen LogP contribution in [0.4, 0.5) is 0 Å². The average Bonchev–Trinajstić information content (AvgIpc) is 3.27. The molecule has 0 amide bonds. The first kappa shape index (κ1) is 60.2. The summed E-state index contributed by atoms with van der Waals surface area (Å²) in [6.07, 6.45) is 63.7. The first-order valence-electron chi connectivity index (χ1n) is 24.0. The molecule has 0 radical (unpaired) electrons. The van der Waals surface area contributed by atoms with Gasteiger partial charge in [0.1, 0.15) is 13.2 Å². The van der Waals surface area contributed by atoms with Crippen LogP contribution in [-0.2, 0) is 33.3 Å². The summed E-state index contributed by atoms with van der Waals surface area (Å²) in [4.78, 5) is 37.1. The van der Waals surface area contributed by atoms with Gasteiger partial charge in [0.15, 0.2) is 6.10 Å². The number of quaternary nitrogens is 1. The van der Waals surface area contributed by atoms with Crippen molar-refractivity contribution >= 4 is 17.9 Å². The topological polar surface area (TPSA) is 108 Å². The van der Waals surface area contributed by atoms with Gasteiger partial charge < -0.3 is 28.5 Å². The Labute approximate surface area is 394 Å². The van der Waals surface area contributed by atoms with Gasteiger partial charge in [-0.05, 0) is 96.3 Å². The first-order valence-corrected chi connectivity index (χ1v) is 24.0. The first-order chi connectivity index (χ1) is 31.6. The summed E-state index contributed by atoms with van der Waals surface area (Å²) in [5.41, 5.74) is 0. The van der Waals surface area contributed by atoms with Crippen LogP contribution in [0.5, 0.6) is 0 Å². The van der Waals surface area contributed by atoms with Gasteiger partial charge in [-0.25, -0.2) is 4.79 Å².